The van der Waals surface area contributed by atoms with E-state index in [0.29, 0.717) is 42.0 Å². The minimum absolute atomic E-state index is 0.0104. The van der Waals surface area contributed by atoms with Crippen LogP contribution in [-0.4, -0.2) is 70.4 Å². The van der Waals surface area contributed by atoms with Crippen LogP contribution in [-0.2, 0) is 16.1 Å². The molecule has 2 saturated heterocycles. The number of likely N-dealkylation sites (tertiary alicyclic amines) is 2. The van der Waals surface area contributed by atoms with E-state index in [1.165, 1.54) is 0 Å². The molecule has 0 radical (unpaired) electrons. The van der Waals surface area contributed by atoms with E-state index in [9.17, 15) is 14.4 Å². The third-order valence-corrected chi connectivity index (χ3v) is 8.02. The van der Waals surface area contributed by atoms with Crippen molar-refractivity contribution >= 4 is 45.7 Å². The number of carbonyl (C=O) groups is 2. The quantitative estimate of drug-likeness (QED) is 0.473. The predicted octanol–water partition coefficient (Wildman–Crippen LogP) is 3.80. The van der Waals surface area contributed by atoms with Crippen molar-refractivity contribution in [3.8, 4) is 0 Å². The van der Waals surface area contributed by atoms with Gasteiger partial charge in [-0.2, -0.15) is 0 Å². The maximum atomic E-state index is 13.4. The predicted molar refractivity (Wildman–Crippen MR) is 158 cm³/mol. The van der Waals surface area contributed by atoms with Crippen LogP contribution < -0.4 is 16.2 Å². The highest BCUT2D eigenvalue weighted by Crippen LogP contribution is 2.28. The second-order valence-corrected chi connectivity index (χ2v) is 11.1. The normalized spacial score (nSPS) is 18.8. The second-order valence-electron chi connectivity index (χ2n) is 11.1. The van der Waals surface area contributed by atoms with Gasteiger partial charge in [-0.05, 0) is 112 Å². The molecule has 2 N–H and O–H groups in total. The van der Waals surface area contributed by atoms with E-state index in [-0.39, 0.29) is 17.4 Å². The Morgan fingerprint density at radius 3 is 2.02 bits per heavy atom. The van der Waals surface area contributed by atoms with Crippen LogP contribution in [0.25, 0.3) is 22.6 Å². The molecular formula is C31H36N6O3. The fraction of sp³-hybridized carbons (Fsp3) is 0.419. The lowest BCUT2D eigenvalue weighted by Crippen LogP contribution is -2.31. The monoisotopic (exact) mass is 540 g/mol. The van der Waals surface area contributed by atoms with Crippen molar-refractivity contribution in [2.24, 2.45) is 0 Å². The van der Waals surface area contributed by atoms with Gasteiger partial charge in [0, 0.05) is 17.9 Å². The van der Waals surface area contributed by atoms with Crippen LogP contribution in [0.5, 0.6) is 0 Å². The van der Waals surface area contributed by atoms with Crippen molar-refractivity contribution < 1.29 is 9.59 Å². The van der Waals surface area contributed by atoms with Crippen molar-refractivity contribution in [2.45, 2.75) is 45.1 Å². The van der Waals surface area contributed by atoms with Gasteiger partial charge in [0.2, 0.25) is 11.8 Å². The molecule has 3 aromatic rings. The topological polar surface area (TPSA) is 99.6 Å². The molecule has 6 rings (SSSR count). The summed E-state index contributed by atoms with van der Waals surface area (Å²) in [7, 11) is 0. The molecule has 2 amide bonds. The summed E-state index contributed by atoms with van der Waals surface area (Å²) in [5.74, 6) is 0.635. The van der Waals surface area contributed by atoms with Crippen LogP contribution in [0.15, 0.2) is 47.3 Å². The first-order valence-electron chi connectivity index (χ1n) is 14.4. The van der Waals surface area contributed by atoms with Gasteiger partial charge in [0.25, 0.3) is 5.56 Å². The average molecular weight is 541 g/mol. The lowest BCUT2D eigenvalue weighted by Gasteiger charge is -2.21. The first kappa shape index (κ1) is 26.4. The highest BCUT2D eigenvalue weighted by atomic mass is 16.2. The fourth-order valence-electron chi connectivity index (χ4n) is 5.98. The summed E-state index contributed by atoms with van der Waals surface area (Å²) in [6, 6.07) is 13.1. The van der Waals surface area contributed by atoms with Gasteiger partial charge < -0.3 is 10.6 Å². The molecule has 40 heavy (non-hydrogen) atoms. The van der Waals surface area contributed by atoms with Crippen LogP contribution in [0.1, 0.15) is 49.9 Å². The number of rotatable bonds is 7. The molecule has 3 aliphatic heterocycles. The second kappa shape index (κ2) is 11.7. The van der Waals surface area contributed by atoms with Gasteiger partial charge >= 0.3 is 0 Å². The number of allylic oxidation sites excluding steroid dienone is 1. The Morgan fingerprint density at radius 1 is 0.775 bits per heavy atom. The molecule has 0 atom stereocenters. The van der Waals surface area contributed by atoms with Crippen LogP contribution in [0.3, 0.4) is 0 Å². The Labute approximate surface area is 233 Å². The zero-order chi connectivity index (χ0) is 27.5. The number of carbonyl (C=O) groups excluding carboxylic acids is 2. The van der Waals surface area contributed by atoms with Crippen molar-refractivity contribution in [1.29, 1.82) is 0 Å². The zero-order valence-electron chi connectivity index (χ0n) is 22.8. The van der Waals surface area contributed by atoms with E-state index in [0.717, 1.165) is 81.5 Å². The van der Waals surface area contributed by atoms with Gasteiger partial charge in [-0.15, -0.1) is 0 Å². The van der Waals surface area contributed by atoms with Crippen LogP contribution in [0, 0.1) is 0 Å². The summed E-state index contributed by atoms with van der Waals surface area (Å²) in [5.41, 5.74) is 3.93. The van der Waals surface area contributed by atoms with Crippen LogP contribution in [0.4, 0.5) is 11.4 Å². The van der Waals surface area contributed by atoms with Gasteiger partial charge in [-0.25, -0.2) is 4.98 Å². The number of amides is 2. The van der Waals surface area contributed by atoms with Gasteiger partial charge in [-0.3, -0.25) is 28.8 Å². The molecule has 9 heteroatoms. The molecule has 0 aliphatic carbocycles. The van der Waals surface area contributed by atoms with E-state index in [1.807, 2.05) is 24.3 Å². The van der Waals surface area contributed by atoms with Crippen molar-refractivity contribution in [3.05, 3.63) is 64.2 Å². The number of fused-ring (bicyclic) bond motifs is 2. The molecule has 0 spiro atoms. The van der Waals surface area contributed by atoms with E-state index < -0.39 is 0 Å². The van der Waals surface area contributed by atoms with Crippen molar-refractivity contribution in [3.63, 3.8) is 0 Å². The number of benzene rings is 2. The lowest BCUT2D eigenvalue weighted by molar-refractivity contribution is -0.117. The fourth-order valence-corrected chi connectivity index (χ4v) is 5.98. The summed E-state index contributed by atoms with van der Waals surface area (Å²) in [5, 5.41) is 6.52. The van der Waals surface area contributed by atoms with Gasteiger partial charge in [-0.1, -0.05) is 12.1 Å². The van der Waals surface area contributed by atoms with E-state index in [4.69, 9.17) is 4.98 Å². The number of aromatic nitrogens is 2. The SMILES string of the molecule is O=C(CN1CCCC1)Nc1ccc(/C=C2\CCCn3c2nc2cc(NC(=O)CN4CCCC4)ccc2c3=O)cc1. The molecule has 0 bridgehead atoms. The molecule has 1 aromatic heterocycles. The molecule has 0 saturated carbocycles. The summed E-state index contributed by atoms with van der Waals surface area (Å²) < 4.78 is 1.76. The Hall–Kier alpha value is -3.82. The molecule has 9 nitrogen and oxygen atoms in total. The maximum Gasteiger partial charge on any atom is 0.261 e. The number of hydrogen-bond acceptors (Lipinski definition) is 6. The molecule has 2 fully saturated rings. The van der Waals surface area contributed by atoms with E-state index >= 15 is 0 Å². The number of nitrogens with one attached hydrogen (secondary N) is 2. The largest absolute Gasteiger partial charge is 0.325 e. The Morgan fingerprint density at radius 2 is 1.38 bits per heavy atom. The third-order valence-electron chi connectivity index (χ3n) is 8.02. The molecule has 0 unspecified atom stereocenters. The van der Waals surface area contributed by atoms with E-state index in [1.54, 1.807) is 22.8 Å². The lowest BCUT2D eigenvalue weighted by atomic mass is 10.0. The van der Waals surface area contributed by atoms with Crippen LogP contribution in [0.2, 0.25) is 0 Å². The van der Waals surface area contributed by atoms with Crippen molar-refractivity contribution in [1.82, 2.24) is 19.4 Å². The molecule has 208 valence electrons. The number of anilines is 2. The standard InChI is InChI=1S/C31H36N6O3/c38-28(20-35-13-1-2-14-35)32-24-9-7-22(8-10-24)18-23-6-5-17-37-30(23)34-27-19-25(11-12-26(27)31(37)40)33-29(39)21-36-15-3-4-16-36/h7-12,18-19H,1-6,13-17,20-21H2,(H,32,38)(H,33,39)/b23-18+. The molecule has 2 aromatic carbocycles. The first-order valence-corrected chi connectivity index (χ1v) is 14.4. The summed E-state index contributed by atoms with van der Waals surface area (Å²) in [4.78, 5) is 47.5. The summed E-state index contributed by atoms with van der Waals surface area (Å²) in [6.45, 7) is 5.34. The smallest absolute Gasteiger partial charge is 0.261 e. The Bertz CT molecular complexity index is 1500. The van der Waals surface area contributed by atoms with Gasteiger partial charge in [0.05, 0.1) is 24.0 Å². The summed E-state index contributed by atoms with van der Waals surface area (Å²) in [6.07, 6.45) is 8.34. The highest BCUT2D eigenvalue weighted by molar-refractivity contribution is 5.95. The third kappa shape index (κ3) is 6.00. The number of nitrogens with zero attached hydrogens (tertiary/aromatic N) is 4. The molecular weight excluding hydrogens is 504 g/mol. The Kier molecular flexibility index (Phi) is 7.75. The van der Waals surface area contributed by atoms with Gasteiger partial charge in [0.1, 0.15) is 5.82 Å². The van der Waals surface area contributed by atoms with Crippen molar-refractivity contribution in [2.75, 3.05) is 49.9 Å². The summed E-state index contributed by atoms with van der Waals surface area (Å²) >= 11 is 0. The minimum atomic E-state index is -0.0587. The maximum absolute atomic E-state index is 13.4. The Balaban J connectivity index is 1.20. The molecule has 4 heterocycles. The number of hydrogen-bond donors (Lipinski definition) is 2. The van der Waals surface area contributed by atoms with E-state index in [2.05, 4.69) is 26.5 Å². The first-order chi connectivity index (χ1) is 19.5. The average Bonchev–Trinajstić information content (AvgIpc) is 3.65. The van der Waals surface area contributed by atoms with Gasteiger partial charge in [0.15, 0.2) is 0 Å². The van der Waals surface area contributed by atoms with Crippen LogP contribution >= 0.6 is 0 Å². The molecule has 3 aliphatic rings. The minimum Gasteiger partial charge on any atom is -0.325 e. The zero-order valence-corrected chi connectivity index (χ0v) is 22.8. The highest BCUT2D eigenvalue weighted by Gasteiger charge is 2.20.